The van der Waals surface area contributed by atoms with Gasteiger partial charge in [0.15, 0.2) is 18.1 Å². The van der Waals surface area contributed by atoms with Crippen LogP contribution in [0.4, 0.5) is 0 Å². The molecular formula is C33H62NO6+. The maximum atomic E-state index is 12.2. The van der Waals surface area contributed by atoms with Crippen molar-refractivity contribution in [3.05, 3.63) is 12.3 Å². The molecule has 3 unspecified atom stereocenters. The van der Waals surface area contributed by atoms with Crippen LogP contribution in [0.1, 0.15) is 163 Å². The molecule has 0 amide bonds. The lowest BCUT2D eigenvalue weighted by molar-refractivity contribution is -0.927. The predicted molar refractivity (Wildman–Crippen MR) is 163 cm³/mol. The summed E-state index contributed by atoms with van der Waals surface area (Å²) >= 11 is 0. The highest BCUT2D eigenvalue weighted by molar-refractivity contribution is 5.78. The van der Waals surface area contributed by atoms with Crippen LogP contribution in [0.15, 0.2) is 12.3 Å². The molecule has 0 aliphatic rings. The highest BCUT2D eigenvalue weighted by Gasteiger charge is 2.55. The molecule has 40 heavy (non-hydrogen) atoms. The van der Waals surface area contributed by atoms with Crippen LogP contribution in [-0.2, 0) is 14.4 Å². The monoisotopic (exact) mass is 568 g/mol. The van der Waals surface area contributed by atoms with Gasteiger partial charge in [0.1, 0.15) is 0 Å². The van der Waals surface area contributed by atoms with Crippen LogP contribution >= 0.6 is 0 Å². The summed E-state index contributed by atoms with van der Waals surface area (Å²) in [6.45, 7) is 7.30. The Hall–Kier alpha value is -1.89. The summed E-state index contributed by atoms with van der Waals surface area (Å²) in [6.07, 6.45) is 26.6. The molecule has 0 rings (SSSR count). The molecule has 0 aliphatic carbocycles. The minimum Gasteiger partial charge on any atom is -0.477 e. The topological polar surface area (TPSA) is 112 Å². The molecule has 7 heteroatoms. The van der Waals surface area contributed by atoms with Crippen molar-refractivity contribution in [3.63, 3.8) is 0 Å². The van der Waals surface area contributed by atoms with Crippen molar-refractivity contribution < 1.29 is 34.2 Å². The third kappa shape index (κ3) is 14.1. The van der Waals surface area contributed by atoms with Crippen LogP contribution < -0.4 is 0 Å². The normalized spacial score (nSPS) is 15.5. The molecule has 0 saturated carbocycles. The second-order valence-corrected chi connectivity index (χ2v) is 11.5. The molecule has 3 atom stereocenters. The van der Waals surface area contributed by atoms with Gasteiger partial charge in [-0.15, -0.1) is 0 Å². The number of rotatable bonds is 28. The Bertz CT molecular complexity index is 652. The number of allylic oxidation sites excluding steroid dienone is 1. The SMILES string of the molecule is CCCCCCCCCCCCCCCCCCC/C=C/[N+](C(CC)C(=O)O)(C(CC)C(=O)O)C(CC)C(=O)O. The first-order chi connectivity index (χ1) is 19.2. The number of nitrogens with zero attached hydrogens (tertiary/aromatic N) is 1. The molecule has 0 aromatic heterocycles. The average Bonchev–Trinajstić information content (AvgIpc) is 2.90. The number of carboxylic acid groups (broad SMARTS) is 3. The Morgan fingerprint density at radius 2 is 0.775 bits per heavy atom. The quantitative estimate of drug-likeness (QED) is 0.0641. The lowest BCUT2D eigenvalue weighted by Crippen LogP contribution is -2.69. The van der Waals surface area contributed by atoms with Crippen LogP contribution in [0.5, 0.6) is 0 Å². The summed E-state index contributed by atoms with van der Waals surface area (Å²) in [5, 5.41) is 30.0. The number of unbranched alkanes of at least 4 members (excludes halogenated alkanes) is 17. The fourth-order valence-corrected chi connectivity index (χ4v) is 6.25. The molecule has 0 aromatic carbocycles. The van der Waals surface area contributed by atoms with Gasteiger partial charge in [-0.05, 0) is 18.9 Å². The first kappa shape index (κ1) is 38.1. The molecule has 0 radical (unpaired) electrons. The molecule has 0 saturated heterocycles. The second-order valence-electron chi connectivity index (χ2n) is 11.5. The molecule has 0 spiro atoms. The van der Waals surface area contributed by atoms with E-state index in [1.165, 1.54) is 89.9 Å². The molecule has 7 nitrogen and oxygen atoms in total. The molecule has 0 aliphatic heterocycles. The molecule has 0 fully saturated rings. The smallest absolute Gasteiger partial charge is 0.362 e. The molecule has 0 heterocycles. The Morgan fingerprint density at radius 1 is 0.500 bits per heavy atom. The Morgan fingerprint density at radius 3 is 1.02 bits per heavy atom. The van der Waals surface area contributed by atoms with E-state index < -0.39 is 40.5 Å². The summed E-state index contributed by atoms with van der Waals surface area (Å²) in [6, 6.07) is -3.43. The van der Waals surface area contributed by atoms with E-state index in [-0.39, 0.29) is 19.3 Å². The van der Waals surface area contributed by atoms with Crippen LogP contribution in [-0.4, -0.2) is 55.8 Å². The number of carboxylic acids is 3. The largest absolute Gasteiger partial charge is 0.477 e. The molecule has 0 aromatic rings. The van der Waals surface area contributed by atoms with E-state index >= 15 is 0 Å². The fraction of sp³-hybridized carbons (Fsp3) is 0.848. The summed E-state index contributed by atoms with van der Waals surface area (Å²) in [4.78, 5) is 36.7. The third-order valence-corrected chi connectivity index (χ3v) is 8.47. The Balaban J connectivity index is 4.58. The molecule has 3 N–H and O–H groups in total. The zero-order valence-electron chi connectivity index (χ0n) is 26.2. The maximum absolute atomic E-state index is 12.2. The van der Waals surface area contributed by atoms with Crippen molar-refractivity contribution in [1.29, 1.82) is 0 Å². The van der Waals surface area contributed by atoms with E-state index in [0.717, 1.165) is 19.3 Å². The van der Waals surface area contributed by atoms with Crippen LogP contribution in [0.25, 0.3) is 0 Å². The fourth-order valence-electron chi connectivity index (χ4n) is 6.25. The minimum absolute atomic E-state index is 0.145. The van der Waals surface area contributed by atoms with Crippen LogP contribution in [0.3, 0.4) is 0 Å². The van der Waals surface area contributed by atoms with E-state index in [2.05, 4.69) is 6.92 Å². The van der Waals surface area contributed by atoms with E-state index in [4.69, 9.17) is 0 Å². The van der Waals surface area contributed by atoms with Crippen molar-refractivity contribution in [1.82, 2.24) is 0 Å². The number of hydrogen-bond acceptors (Lipinski definition) is 3. The van der Waals surface area contributed by atoms with E-state index in [9.17, 15) is 29.7 Å². The van der Waals surface area contributed by atoms with Crippen LogP contribution in [0, 0.1) is 0 Å². The molecule has 0 bridgehead atoms. The van der Waals surface area contributed by atoms with Crippen molar-refractivity contribution in [3.8, 4) is 0 Å². The number of aliphatic carboxylic acids is 3. The lowest BCUT2D eigenvalue weighted by atomic mass is 9.95. The molecular weight excluding hydrogens is 506 g/mol. The summed E-state index contributed by atoms with van der Waals surface area (Å²) in [5.41, 5.74) is 0. The van der Waals surface area contributed by atoms with Gasteiger partial charge in [0.25, 0.3) is 0 Å². The van der Waals surface area contributed by atoms with E-state index in [0.29, 0.717) is 6.42 Å². The minimum atomic E-state index is -1.16. The van der Waals surface area contributed by atoms with Gasteiger partial charge in [-0.1, -0.05) is 130 Å². The first-order valence-corrected chi connectivity index (χ1v) is 16.5. The highest BCUT2D eigenvalue weighted by atomic mass is 16.4. The average molecular weight is 569 g/mol. The highest BCUT2D eigenvalue weighted by Crippen LogP contribution is 2.32. The zero-order valence-corrected chi connectivity index (χ0v) is 26.2. The number of quaternary nitrogens is 1. The zero-order chi connectivity index (χ0) is 30.2. The molecule has 234 valence electrons. The predicted octanol–water partition coefficient (Wildman–Crippen LogP) is 8.95. The Kier molecular flexibility index (Phi) is 22.7. The van der Waals surface area contributed by atoms with Crippen LogP contribution in [0.2, 0.25) is 0 Å². The van der Waals surface area contributed by atoms with E-state index in [1.807, 2.05) is 6.08 Å². The van der Waals surface area contributed by atoms with Gasteiger partial charge in [-0.25, -0.2) is 14.4 Å². The van der Waals surface area contributed by atoms with Gasteiger partial charge in [-0.3, -0.25) is 4.48 Å². The van der Waals surface area contributed by atoms with E-state index in [1.54, 1.807) is 27.0 Å². The van der Waals surface area contributed by atoms with Gasteiger partial charge in [-0.2, -0.15) is 0 Å². The number of carbonyl (C=O) groups is 3. The van der Waals surface area contributed by atoms with Crippen molar-refractivity contribution in [2.75, 3.05) is 0 Å². The first-order valence-electron chi connectivity index (χ1n) is 16.5. The van der Waals surface area contributed by atoms with Crippen molar-refractivity contribution in [2.45, 2.75) is 181 Å². The Labute approximate surface area is 245 Å². The van der Waals surface area contributed by atoms with Gasteiger partial charge in [0, 0.05) is 19.3 Å². The maximum Gasteiger partial charge on any atom is 0.362 e. The summed E-state index contributed by atoms with van der Waals surface area (Å²) in [5.74, 6) is -3.49. The van der Waals surface area contributed by atoms with Gasteiger partial charge >= 0.3 is 17.9 Å². The van der Waals surface area contributed by atoms with Gasteiger partial charge < -0.3 is 15.3 Å². The van der Waals surface area contributed by atoms with Gasteiger partial charge in [0.2, 0.25) is 0 Å². The summed E-state index contributed by atoms with van der Waals surface area (Å²) < 4.78 is -0.581. The third-order valence-electron chi connectivity index (χ3n) is 8.47. The van der Waals surface area contributed by atoms with Crippen molar-refractivity contribution in [2.24, 2.45) is 0 Å². The summed E-state index contributed by atoms with van der Waals surface area (Å²) in [7, 11) is 0. The van der Waals surface area contributed by atoms with Crippen molar-refractivity contribution >= 4 is 17.9 Å². The second kappa shape index (κ2) is 23.8. The number of hydrogen-bond donors (Lipinski definition) is 3. The lowest BCUT2D eigenvalue weighted by Gasteiger charge is -2.46. The standard InChI is InChI=1S/C33H61NO6/c1-5-9-10-11-12-13-14-15-16-17-18-19-20-21-22-23-24-25-26-27-34(28(6-2)31(35)36,29(7-3)32(37)38)30(8-4)33(39)40/h26-30H,5-25H2,1-4H3,(H2-,35,36,37,38,39,40)/p+1/b27-26+. The van der Waals surface area contributed by atoms with Gasteiger partial charge in [0.05, 0.1) is 6.20 Å².